The number of carbonyl (C=O) groups is 1. The van der Waals surface area contributed by atoms with Gasteiger partial charge in [-0.15, -0.1) is 0 Å². The highest BCUT2D eigenvalue weighted by molar-refractivity contribution is 6.15. The van der Waals surface area contributed by atoms with Crippen LogP contribution in [0.1, 0.15) is 32.6 Å². The van der Waals surface area contributed by atoms with Crippen LogP contribution in [0.5, 0.6) is 11.5 Å². The quantitative estimate of drug-likeness (QED) is 0.555. The molecular weight excluding hydrogens is 355 g/mol. The third-order valence-electron chi connectivity index (χ3n) is 4.79. The second-order valence-corrected chi connectivity index (χ2v) is 6.79. The Morgan fingerprint density at radius 3 is 2.54 bits per heavy atom. The SMILES string of the molecule is Cc1ccccc1COc1cc(C)c2c(c1)O/C(=C\c1ccccc1F)C2=O. The van der Waals surface area contributed by atoms with Crippen molar-refractivity contribution in [2.75, 3.05) is 0 Å². The summed E-state index contributed by atoms with van der Waals surface area (Å²) in [6.07, 6.45) is 1.44. The zero-order valence-electron chi connectivity index (χ0n) is 15.7. The minimum absolute atomic E-state index is 0.110. The lowest BCUT2D eigenvalue weighted by Crippen LogP contribution is -2.00. The number of hydrogen-bond donors (Lipinski definition) is 0. The lowest BCUT2D eigenvalue weighted by Gasteiger charge is -2.10. The lowest BCUT2D eigenvalue weighted by atomic mass is 10.0. The predicted molar refractivity (Wildman–Crippen MR) is 106 cm³/mol. The van der Waals surface area contributed by atoms with Crippen molar-refractivity contribution in [2.45, 2.75) is 20.5 Å². The van der Waals surface area contributed by atoms with Crippen LogP contribution in [0.2, 0.25) is 0 Å². The van der Waals surface area contributed by atoms with Crippen molar-refractivity contribution in [1.82, 2.24) is 0 Å². The summed E-state index contributed by atoms with van der Waals surface area (Å²) in [4.78, 5) is 12.7. The van der Waals surface area contributed by atoms with Gasteiger partial charge in [-0.05, 0) is 48.7 Å². The van der Waals surface area contributed by atoms with Crippen LogP contribution >= 0.6 is 0 Å². The van der Waals surface area contributed by atoms with Gasteiger partial charge in [0.1, 0.15) is 23.9 Å². The van der Waals surface area contributed by atoms with E-state index >= 15 is 0 Å². The highest BCUT2D eigenvalue weighted by atomic mass is 19.1. The van der Waals surface area contributed by atoms with Crippen LogP contribution in [-0.2, 0) is 6.61 Å². The van der Waals surface area contributed by atoms with E-state index in [1.165, 1.54) is 12.1 Å². The van der Waals surface area contributed by atoms with E-state index < -0.39 is 5.82 Å². The number of halogens is 1. The molecule has 4 rings (SSSR count). The second-order valence-electron chi connectivity index (χ2n) is 6.79. The summed E-state index contributed by atoms with van der Waals surface area (Å²) in [5.74, 6) is 0.522. The van der Waals surface area contributed by atoms with Crippen LogP contribution in [0.3, 0.4) is 0 Å². The maximum Gasteiger partial charge on any atom is 0.232 e. The summed E-state index contributed by atoms with van der Waals surface area (Å²) in [6.45, 7) is 4.30. The third kappa shape index (κ3) is 3.41. The van der Waals surface area contributed by atoms with Crippen molar-refractivity contribution in [1.29, 1.82) is 0 Å². The summed E-state index contributed by atoms with van der Waals surface area (Å²) >= 11 is 0. The molecule has 4 heteroatoms. The zero-order chi connectivity index (χ0) is 19.7. The Morgan fingerprint density at radius 2 is 1.75 bits per heavy atom. The second kappa shape index (κ2) is 7.31. The summed E-state index contributed by atoms with van der Waals surface area (Å²) in [6, 6.07) is 17.8. The molecule has 1 aliphatic heterocycles. The first kappa shape index (κ1) is 18.0. The van der Waals surface area contributed by atoms with Gasteiger partial charge in [-0.3, -0.25) is 4.79 Å². The third-order valence-corrected chi connectivity index (χ3v) is 4.79. The maximum absolute atomic E-state index is 13.9. The first-order chi connectivity index (χ1) is 13.5. The molecular formula is C24H19FO3. The molecule has 0 bridgehead atoms. The number of hydrogen-bond acceptors (Lipinski definition) is 3. The fourth-order valence-electron chi connectivity index (χ4n) is 3.23. The summed E-state index contributed by atoms with van der Waals surface area (Å²) < 4.78 is 25.6. The molecule has 1 aliphatic rings. The van der Waals surface area contributed by atoms with Gasteiger partial charge in [0.2, 0.25) is 5.78 Å². The predicted octanol–water partition coefficient (Wildman–Crippen LogP) is 5.64. The molecule has 3 aromatic rings. The standard InChI is InChI=1S/C24H19FO3/c1-15-7-3-4-9-18(15)14-27-19-11-16(2)23-21(13-19)28-22(24(23)26)12-17-8-5-6-10-20(17)25/h3-13H,14H2,1-2H3/b22-12-. The minimum atomic E-state index is -0.402. The Morgan fingerprint density at radius 1 is 1.00 bits per heavy atom. The summed E-state index contributed by atoms with van der Waals surface area (Å²) in [5.41, 5.74) is 3.82. The largest absolute Gasteiger partial charge is 0.489 e. The Kier molecular flexibility index (Phi) is 4.70. The van der Waals surface area contributed by atoms with E-state index in [1.54, 1.807) is 24.3 Å². The first-order valence-corrected chi connectivity index (χ1v) is 9.03. The molecule has 3 aromatic carbocycles. The molecule has 3 nitrogen and oxygen atoms in total. The van der Waals surface area contributed by atoms with E-state index in [1.807, 2.05) is 44.2 Å². The van der Waals surface area contributed by atoms with Gasteiger partial charge in [-0.25, -0.2) is 4.39 Å². The maximum atomic E-state index is 13.9. The number of Topliss-reactive ketones (excluding diaryl/α,β-unsaturated/α-hetero) is 1. The Balaban J connectivity index is 1.60. The van der Waals surface area contributed by atoms with Crippen LogP contribution < -0.4 is 9.47 Å². The van der Waals surface area contributed by atoms with Gasteiger partial charge in [0.15, 0.2) is 5.76 Å². The molecule has 0 saturated carbocycles. The van der Waals surface area contributed by atoms with Gasteiger partial charge in [0.25, 0.3) is 0 Å². The van der Waals surface area contributed by atoms with E-state index in [-0.39, 0.29) is 11.5 Å². The molecule has 0 aromatic heterocycles. The van der Waals surface area contributed by atoms with Crippen molar-refractivity contribution in [2.24, 2.45) is 0 Å². The van der Waals surface area contributed by atoms with Gasteiger partial charge in [0.05, 0.1) is 5.56 Å². The van der Waals surface area contributed by atoms with Crippen LogP contribution in [0.4, 0.5) is 4.39 Å². The number of rotatable bonds is 4. The van der Waals surface area contributed by atoms with Gasteiger partial charge < -0.3 is 9.47 Å². The molecule has 0 aliphatic carbocycles. The highest BCUT2D eigenvalue weighted by Gasteiger charge is 2.30. The monoisotopic (exact) mass is 374 g/mol. The number of aryl methyl sites for hydroxylation is 2. The zero-order valence-corrected chi connectivity index (χ0v) is 15.7. The van der Waals surface area contributed by atoms with E-state index in [9.17, 15) is 9.18 Å². The molecule has 28 heavy (non-hydrogen) atoms. The molecule has 1 heterocycles. The molecule has 0 N–H and O–H groups in total. The summed E-state index contributed by atoms with van der Waals surface area (Å²) in [5, 5.41) is 0. The molecule has 0 spiro atoms. The molecule has 0 unspecified atom stereocenters. The average molecular weight is 374 g/mol. The molecule has 0 atom stereocenters. The molecule has 140 valence electrons. The molecule has 0 amide bonds. The fourth-order valence-corrected chi connectivity index (χ4v) is 3.23. The Hall–Kier alpha value is -3.40. The van der Waals surface area contributed by atoms with Gasteiger partial charge in [0, 0.05) is 11.6 Å². The topological polar surface area (TPSA) is 35.5 Å². The van der Waals surface area contributed by atoms with Crippen molar-refractivity contribution >= 4 is 11.9 Å². The van der Waals surface area contributed by atoms with E-state index in [2.05, 4.69) is 0 Å². The smallest absolute Gasteiger partial charge is 0.232 e. The Labute approximate surface area is 163 Å². The minimum Gasteiger partial charge on any atom is -0.489 e. The number of allylic oxidation sites excluding steroid dienone is 1. The van der Waals surface area contributed by atoms with Gasteiger partial charge in [-0.1, -0.05) is 42.5 Å². The van der Waals surface area contributed by atoms with Crippen LogP contribution in [-0.4, -0.2) is 5.78 Å². The van der Waals surface area contributed by atoms with E-state index in [0.29, 0.717) is 29.2 Å². The van der Waals surface area contributed by atoms with Crippen molar-refractivity contribution in [3.05, 3.63) is 100 Å². The average Bonchev–Trinajstić information content (AvgIpc) is 2.99. The first-order valence-electron chi connectivity index (χ1n) is 9.03. The van der Waals surface area contributed by atoms with Gasteiger partial charge in [-0.2, -0.15) is 0 Å². The number of ether oxygens (including phenoxy) is 2. The summed E-state index contributed by atoms with van der Waals surface area (Å²) in [7, 11) is 0. The van der Waals surface area contributed by atoms with Crippen molar-refractivity contribution < 1.29 is 18.7 Å². The number of benzene rings is 3. The fraction of sp³-hybridized carbons (Fsp3) is 0.125. The number of ketones is 1. The van der Waals surface area contributed by atoms with Gasteiger partial charge >= 0.3 is 0 Å². The van der Waals surface area contributed by atoms with Crippen LogP contribution in [0.15, 0.2) is 66.4 Å². The lowest BCUT2D eigenvalue weighted by molar-refractivity contribution is 0.101. The molecule has 0 radical (unpaired) electrons. The van der Waals surface area contributed by atoms with Crippen LogP contribution in [0.25, 0.3) is 6.08 Å². The van der Waals surface area contributed by atoms with Crippen molar-refractivity contribution in [3.63, 3.8) is 0 Å². The number of fused-ring (bicyclic) bond motifs is 1. The normalized spacial score (nSPS) is 14.1. The number of carbonyl (C=O) groups excluding carboxylic acids is 1. The molecule has 0 saturated heterocycles. The van der Waals surface area contributed by atoms with E-state index in [0.717, 1.165) is 16.7 Å². The molecule has 0 fully saturated rings. The van der Waals surface area contributed by atoms with Crippen LogP contribution in [0, 0.1) is 19.7 Å². The Bertz CT molecular complexity index is 1100. The van der Waals surface area contributed by atoms with E-state index in [4.69, 9.17) is 9.47 Å². The highest BCUT2D eigenvalue weighted by Crippen LogP contribution is 2.37. The van der Waals surface area contributed by atoms with Crippen molar-refractivity contribution in [3.8, 4) is 11.5 Å².